The fourth-order valence-corrected chi connectivity index (χ4v) is 5.69. The van der Waals surface area contributed by atoms with E-state index in [-0.39, 0.29) is 16.6 Å². The van der Waals surface area contributed by atoms with Crippen LogP contribution < -0.4 is 4.90 Å². The minimum absolute atomic E-state index is 0.0229. The van der Waals surface area contributed by atoms with Gasteiger partial charge in [0.15, 0.2) is 5.71 Å². The Morgan fingerprint density at radius 3 is 2.32 bits per heavy atom. The zero-order chi connectivity index (χ0) is 24.5. The lowest BCUT2D eigenvalue weighted by Crippen LogP contribution is -2.27. The summed E-state index contributed by atoms with van der Waals surface area (Å²) in [5.74, 6) is 0.290. The summed E-state index contributed by atoms with van der Waals surface area (Å²) in [5, 5.41) is 9.38. The Morgan fingerprint density at radius 1 is 0.941 bits per heavy atom. The van der Waals surface area contributed by atoms with Crippen molar-refractivity contribution in [3.05, 3.63) is 95.9 Å². The molecule has 0 aromatic heterocycles. The summed E-state index contributed by atoms with van der Waals surface area (Å²) in [6.07, 6.45) is 10.7. The van der Waals surface area contributed by atoms with Crippen molar-refractivity contribution in [2.45, 2.75) is 64.2 Å². The van der Waals surface area contributed by atoms with Crippen molar-refractivity contribution in [2.75, 3.05) is 18.5 Å². The van der Waals surface area contributed by atoms with Gasteiger partial charge < -0.3 is 10.0 Å². The van der Waals surface area contributed by atoms with Crippen molar-refractivity contribution in [3.63, 3.8) is 0 Å². The quantitative estimate of drug-likeness (QED) is 0.252. The molecule has 2 aromatic rings. The summed E-state index contributed by atoms with van der Waals surface area (Å²) in [4.78, 5) is 2.50. The van der Waals surface area contributed by atoms with Crippen LogP contribution >= 0.6 is 0 Å². The van der Waals surface area contributed by atoms with Crippen LogP contribution in [0.2, 0.25) is 0 Å². The van der Waals surface area contributed by atoms with Gasteiger partial charge in [0.1, 0.15) is 7.05 Å². The molecule has 0 radical (unpaired) electrons. The van der Waals surface area contributed by atoms with Crippen LogP contribution in [0.5, 0.6) is 0 Å². The van der Waals surface area contributed by atoms with Crippen molar-refractivity contribution in [2.24, 2.45) is 0 Å². The highest BCUT2D eigenvalue weighted by atomic mass is 16.3. The second-order valence-corrected chi connectivity index (χ2v) is 10.7. The van der Waals surface area contributed by atoms with Gasteiger partial charge in [-0.2, -0.15) is 4.58 Å². The van der Waals surface area contributed by atoms with Gasteiger partial charge in [-0.15, -0.1) is 0 Å². The standard InChI is InChI=1S/C31H38N2O/c1-23(34)15-8-7-13-22-33-27-19-12-10-17-25(27)31(4,5)29(33)21-14-20-28-30(2,3)24-16-9-11-18-26(24)32(28)6/h9-12,14,16-21H,1,7-8,13,15,22H2,2-6H3/p+1. The summed E-state index contributed by atoms with van der Waals surface area (Å²) < 4.78 is 2.33. The third-order valence-electron chi connectivity index (χ3n) is 7.60. The van der Waals surface area contributed by atoms with Crippen LogP contribution in [0, 0.1) is 0 Å². The number of allylic oxidation sites excluding steroid dienone is 5. The monoisotopic (exact) mass is 455 g/mol. The topological polar surface area (TPSA) is 26.5 Å². The summed E-state index contributed by atoms with van der Waals surface area (Å²) in [6.45, 7) is 13.9. The molecule has 0 amide bonds. The predicted octanol–water partition coefficient (Wildman–Crippen LogP) is 7.56. The van der Waals surface area contributed by atoms with E-state index in [0.717, 1.165) is 25.8 Å². The van der Waals surface area contributed by atoms with Crippen molar-refractivity contribution < 1.29 is 9.68 Å². The molecule has 2 heterocycles. The Morgan fingerprint density at radius 2 is 1.62 bits per heavy atom. The van der Waals surface area contributed by atoms with Gasteiger partial charge in [-0.1, -0.05) is 69.3 Å². The molecule has 0 fully saturated rings. The van der Waals surface area contributed by atoms with Gasteiger partial charge >= 0.3 is 0 Å². The third-order valence-corrected chi connectivity index (χ3v) is 7.60. The van der Waals surface area contributed by atoms with E-state index in [4.69, 9.17) is 0 Å². The Hall–Kier alpha value is -3.07. The van der Waals surface area contributed by atoms with Gasteiger partial charge in [0.2, 0.25) is 5.69 Å². The van der Waals surface area contributed by atoms with Crippen LogP contribution in [0.15, 0.2) is 84.8 Å². The van der Waals surface area contributed by atoms with Gasteiger partial charge in [-0.05, 0) is 44.4 Å². The fourth-order valence-electron chi connectivity index (χ4n) is 5.69. The second kappa shape index (κ2) is 9.29. The summed E-state index contributed by atoms with van der Waals surface area (Å²) in [6, 6.07) is 17.5. The number of rotatable bonds is 8. The van der Waals surface area contributed by atoms with E-state index < -0.39 is 0 Å². The molecule has 178 valence electrons. The van der Waals surface area contributed by atoms with Gasteiger partial charge in [0, 0.05) is 47.5 Å². The van der Waals surface area contributed by atoms with E-state index in [1.165, 1.54) is 33.9 Å². The van der Waals surface area contributed by atoms with Gasteiger partial charge in [-0.3, -0.25) is 0 Å². The molecule has 34 heavy (non-hydrogen) atoms. The lowest BCUT2D eigenvalue weighted by Gasteiger charge is -2.27. The summed E-state index contributed by atoms with van der Waals surface area (Å²) in [5.41, 5.74) is 7.96. The zero-order valence-electron chi connectivity index (χ0n) is 21.4. The minimum Gasteiger partial charge on any atom is -0.513 e. The molecule has 2 aromatic carbocycles. The van der Waals surface area contributed by atoms with Crippen LogP contribution in [0.25, 0.3) is 0 Å². The van der Waals surface area contributed by atoms with E-state index in [1.807, 2.05) is 0 Å². The average molecular weight is 456 g/mol. The normalized spacial score (nSPS) is 19.2. The number of hydrogen-bond acceptors (Lipinski definition) is 2. The molecular weight excluding hydrogens is 416 g/mol. The minimum atomic E-state index is -0.0506. The summed E-state index contributed by atoms with van der Waals surface area (Å²) in [7, 11) is 2.17. The first-order valence-corrected chi connectivity index (χ1v) is 12.5. The molecule has 0 bridgehead atoms. The second-order valence-electron chi connectivity index (χ2n) is 10.7. The van der Waals surface area contributed by atoms with E-state index in [1.54, 1.807) is 0 Å². The highest BCUT2D eigenvalue weighted by Crippen LogP contribution is 2.47. The Labute approximate surface area is 205 Å². The molecule has 0 saturated carbocycles. The largest absolute Gasteiger partial charge is 0.513 e. The number of benzene rings is 2. The number of hydrogen-bond donors (Lipinski definition) is 1. The Kier molecular flexibility index (Phi) is 6.58. The molecule has 1 N–H and O–H groups in total. The van der Waals surface area contributed by atoms with Crippen molar-refractivity contribution >= 4 is 17.1 Å². The van der Waals surface area contributed by atoms with Crippen LogP contribution in [-0.4, -0.2) is 29.0 Å². The first-order valence-electron chi connectivity index (χ1n) is 12.5. The van der Waals surface area contributed by atoms with Crippen LogP contribution in [0.4, 0.5) is 11.4 Å². The van der Waals surface area contributed by atoms with Gasteiger partial charge in [-0.25, -0.2) is 0 Å². The van der Waals surface area contributed by atoms with E-state index in [9.17, 15) is 5.11 Å². The third kappa shape index (κ3) is 4.24. The molecule has 0 aliphatic carbocycles. The van der Waals surface area contributed by atoms with Crippen molar-refractivity contribution in [3.8, 4) is 0 Å². The lowest BCUT2D eigenvalue weighted by molar-refractivity contribution is -0.401. The molecule has 0 atom stereocenters. The van der Waals surface area contributed by atoms with E-state index in [0.29, 0.717) is 6.42 Å². The van der Waals surface area contributed by atoms with Crippen LogP contribution in [0.3, 0.4) is 0 Å². The number of aliphatic hydroxyl groups excluding tert-OH is 1. The van der Waals surface area contributed by atoms with Gasteiger partial charge in [0.25, 0.3) is 0 Å². The number of aliphatic hydroxyl groups is 1. The number of anilines is 1. The molecule has 2 aliphatic rings. The van der Waals surface area contributed by atoms with Crippen LogP contribution in [-0.2, 0) is 10.8 Å². The van der Waals surface area contributed by atoms with Gasteiger partial charge in [0.05, 0.1) is 11.2 Å². The molecule has 3 nitrogen and oxygen atoms in total. The SMILES string of the molecule is C=C(O)CCCCCN1/C(=C/C=C/C2=[N+](C)c3ccccc3C2(C)C)C(C)(C)c2ccccc21. The molecule has 0 saturated heterocycles. The highest BCUT2D eigenvalue weighted by molar-refractivity contribution is 6.03. The van der Waals surface area contributed by atoms with Crippen molar-refractivity contribution in [1.29, 1.82) is 0 Å². The van der Waals surface area contributed by atoms with E-state index in [2.05, 4.69) is 118 Å². The Bertz CT molecular complexity index is 1180. The smallest absolute Gasteiger partial charge is 0.209 e. The van der Waals surface area contributed by atoms with E-state index >= 15 is 0 Å². The maximum atomic E-state index is 9.38. The highest BCUT2D eigenvalue weighted by Gasteiger charge is 2.43. The number of para-hydroxylation sites is 2. The molecular formula is C31H39N2O+. The molecule has 0 spiro atoms. The molecule has 3 heteroatoms. The first kappa shape index (κ1) is 24.1. The number of unbranched alkanes of at least 4 members (excludes halogenated alkanes) is 2. The molecule has 2 aliphatic heterocycles. The Balaban J connectivity index is 1.61. The van der Waals surface area contributed by atoms with Crippen molar-refractivity contribution in [1.82, 2.24) is 0 Å². The molecule has 0 unspecified atom stereocenters. The average Bonchev–Trinajstić information content (AvgIpc) is 3.13. The fraction of sp³-hybridized carbons (Fsp3) is 0.387. The lowest BCUT2D eigenvalue weighted by atomic mass is 9.81. The first-order chi connectivity index (χ1) is 16.2. The summed E-state index contributed by atoms with van der Waals surface area (Å²) >= 11 is 0. The van der Waals surface area contributed by atoms with Crippen LogP contribution in [0.1, 0.15) is 64.5 Å². The zero-order valence-corrected chi connectivity index (χ0v) is 21.4. The maximum absolute atomic E-state index is 9.38. The molecule has 4 rings (SSSR count). The maximum Gasteiger partial charge on any atom is 0.209 e. The number of fused-ring (bicyclic) bond motifs is 2. The predicted molar refractivity (Wildman–Crippen MR) is 145 cm³/mol. The number of nitrogens with zero attached hydrogens (tertiary/aromatic N) is 2.